The summed E-state index contributed by atoms with van der Waals surface area (Å²) in [4.78, 5) is 26.9. The first kappa shape index (κ1) is 23.6. The number of carbonyl (C=O) groups excluding carboxylic acids is 2. The summed E-state index contributed by atoms with van der Waals surface area (Å²) >= 11 is 0. The van der Waals surface area contributed by atoms with Gasteiger partial charge in [-0.1, -0.05) is 0 Å². The summed E-state index contributed by atoms with van der Waals surface area (Å²) in [6.07, 6.45) is 2.23. The number of amides is 2. The molecule has 2 heterocycles. The highest BCUT2D eigenvalue weighted by molar-refractivity contribution is 7.88. The molecule has 31 heavy (non-hydrogen) atoms. The van der Waals surface area contributed by atoms with E-state index in [4.69, 9.17) is 4.74 Å². The van der Waals surface area contributed by atoms with Crippen molar-refractivity contribution in [2.24, 2.45) is 5.92 Å². The van der Waals surface area contributed by atoms with E-state index < -0.39 is 15.8 Å². The monoisotopic (exact) mass is 456 g/mol. The van der Waals surface area contributed by atoms with Gasteiger partial charge in [0.15, 0.2) is 0 Å². The molecule has 1 aromatic carbocycles. The SMILES string of the molecule is CS(=O)(=O)N1CCC(C(=O)Nc2ccc(F)c(NC(=O)CCN3CCOCC3)c2)CC1. The molecule has 1 aromatic rings. The number of hydrogen-bond donors (Lipinski definition) is 2. The molecule has 9 nitrogen and oxygen atoms in total. The van der Waals surface area contributed by atoms with Gasteiger partial charge in [0.25, 0.3) is 0 Å². The van der Waals surface area contributed by atoms with Crippen molar-refractivity contribution >= 4 is 33.2 Å². The summed E-state index contributed by atoms with van der Waals surface area (Å²) in [6.45, 7) is 3.99. The Labute approximate surface area is 182 Å². The average molecular weight is 457 g/mol. The molecule has 2 aliphatic heterocycles. The zero-order valence-corrected chi connectivity index (χ0v) is 18.4. The van der Waals surface area contributed by atoms with Gasteiger partial charge in [-0.05, 0) is 31.0 Å². The Hall–Kier alpha value is -2.08. The molecule has 0 saturated carbocycles. The van der Waals surface area contributed by atoms with Crippen molar-refractivity contribution in [3.63, 3.8) is 0 Å². The second-order valence-corrected chi connectivity index (χ2v) is 9.85. The molecule has 0 aromatic heterocycles. The van der Waals surface area contributed by atoms with Crippen LogP contribution in [-0.2, 0) is 24.3 Å². The third-order valence-corrected chi connectivity index (χ3v) is 6.86. The third kappa shape index (κ3) is 6.96. The first-order valence-electron chi connectivity index (χ1n) is 10.4. The largest absolute Gasteiger partial charge is 0.379 e. The number of sulfonamides is 1. The minimum absolute atomic E-state index is 0.0108. The summed E-state index contributed by atoms with van der Waals surface area (Å²) in [6, 6.07) is 4.02. The summed E-state index contributed by atoms with van der Waals surface area (Å²) in [5.74, 6) is -1.46. The van der Waals surface area contributed by atoms with E-state index in [2.05, 4.69) is 15.5 Å². The predicted molar refractivity (Wildman–Crippen MR) is 115 cm³/mol. The van der Waals surface area contributed by atoms with E-state index in [1.54, 1.807) is 0 Å². The molecule has 11 heteroatoms. The molecule has 0 unspecified atom stereocenters. The van der Waals surface area contributed by atoms with Crippen molar-refractivity contribution < 1.29 is 27.1 Å². The lowest BCUT2D eigenvalue weighted by molar-refractivity contribution is -0.121. The maximum absolute atomic E-state index is 14.2. The quantitative estimate of drug-likeness (QED) is 0.636. The van der Waals surface area contributed by atoms with Gasteiger partial charge in [0.1, 0.15) is 5.82 Å². The second kappa shape index (κ2) is 10.5. The van der Waals surface area contributed by atoms with Gasteiger partial charge < -0.3 is 15.4 Å². The van der Waals surface area contributed by atoms with E-state index in [1.165, 1.54) is 22.5 Å². The van der Waals surface area contributed by atoms with Gasteiger partial charge >= 0.3 is 0 Å². The maximum Gasteiger partial charge on any atom is 0.227 e. The first-order valence-corrected chi connectivity index (χ1v) is 12.2. The van der Waals surface area contributed by atoms with E-state index in [-0.39, 0.29) is 29.8 Å². The van der Waals surface area contributed by atoms with Crippen LogP contribution in [0.15, 0.2) is 18.2 Å². The molecular formula is C20H29FN4O5S. The number of anilines is 2. The molecule has 2 saturated heterocycles. The van der Waals surface area contributed by atoms with Gasteiger partial charge in [-0.25, -0.2) is 17.1 Å². The van der Waals surface area contributed by atoms with Gasteiger partial charge in [-0.15, -0.1) is 0 Å². The molecule has 0 atom stereocenters. The zero-order valence-electron chi connectivity index (χ0n) is 17.6. The standard InChI is InChI=1S/C20H29FN4O5S/c1-31(28,29)25-8-4-15(5-9-25)20(27)22-16-2-3-17(21)18(14-16)23-19(26)6-7-24-10-12-30-13-11-24/h2-3,14-15H,4-13H2,1H3,(H,22,27)(H,23,26). The fourth-order valence-corrected chi connectivity index (χ4v) is 4.56. The predicted octanol–water partition coefficient (Wildman–Crippen LogP) is 1.10. The summed E-state index contributed by atoms with van der Waals surface area (Å²) < 4.78 is 44.0. The lowest BCUT2D eigenvalue weighted by Gasteiger charge is -2.29. The topological polar surface area (TPSA) is 108 Å². The van der Waals surface area contributed by atoms with E-state index in [1.807, 2.05) is 0 Å². The van der Waals surface area contributed by atoms with E-state index in [0.29, 0.717) is 51.4 Å². The third-order valence-electron chi connectivity index (χ3n) is 5.56. The molecule has 2 fully saturated rings. The average Bonchev–Trinajstić information content (AvgIpc) is 2.75. The number of carbonyl (C=O) groups is 2. The van der Waals surface area contributed by atoms with E-state index in [9.17, 15) is 22.4 Å². The van der Waals surface area contributed by atoms with Crippen LogP contribution in [0, 0.1) is 11.7 Å². The maximum atomic E-state index is 14.2. The van der Waals surface area contributed by atoms with Gasteiger partial charge in [-0.3, -0.25) is 14.5 Å². The van der Waals surface area contributed by atoms with Gasteiger partial charge in [0, 0.05) is 50.7 Å². The Balaban J connectivity index is 1.51. The molecule has 0 bridgehead atoms. The Kier molecular flexibility index (Phi) is 7.98. The zero-order chi connectivity index (χ0) is 22.4. The smallest absolute Gasteiger partial charge is 0.227 e. The van der Waals surface area contributed by atoms with Crippen molar-refractivity contribution in [1.82, 2.24) is 9.21 Å². The van der Waals surface area contributed by atoms with Crippen LogP contribution < -0.4 is 10.6 Å². The number of ether oxygens (including phenoxy) is 1. The number of benzene rings is 1. The summed E-state index contributed by atoms with van der Waals surface area (Å²) in [5, 5.41) is 5.31. The summed E-state index contributed by atoms with van der Waals surface area (Å²) in [7, 11) is -3.26. The molecule has 2 N–H and O–H groups in total. The van der Waals surface area contributed by atoms with Crippen LogP contribution in [0.5, 0.6) is 0 Å². The number of rotatable bonds is 7. The van der Waals surface area contributed by atoms with Crippen molar-refractivity contribution in [2.45, 2.75) is 19.3 Å². The fraction of sp³-hybridized carbons (Fsp3) is 0.600. The van der Waals surface area contributed by atoms with Crippen LogP contribution in [0.2, 0.25) is 0 Å². The van der Waals surface area contributed by atoms with Crippen LogP contribution in [0.3, 0.4) is 0 Å². The number of nitrogens with zero attached hydrogens (tertiary/aromatic N) is 2. The van der Waals surface area contributed by atoms with Crippen LogP contribution in [0.4, 0.5) is 15.8 Å². The molecule has 3 rings (SSSR count). The van der Waals surface area contributed by atoms with Crippen molar-refractivity contribution in [2.75, 3.05) is 62.8 Å². The first-order chi connectivity index (χ1) is 14.7. The molecular weight excluding hydrogens is 427 g/mol. The minimum atomic E-state index is -3.26. The van der Waals surface area contributed by atoms with Crippen LogP contribution >= 0.6 is 0 Å². The van der Waals surface area contributed by atoms with Crippen molar-refractivity contribution in [3.8, 4) is 0 Å². The molecule has 0 radical (unpaired) electrons. The Morgan fingerprint density at radius 1 is 1.13 bits per heavy atom. The second-order valence-electron chi connectivity index (χ2n) is 7.87. The number of morpholine rings is 1. The summed E-state index contributed by atoms with van der Waals surface area (Å²) in [5.41, 5.74) is 0.386. The van der Waals surface area contributed by atoms with Crippen LogP contribution in [-0.4, -0.2) is 81.6 Å². The molecule has 172 valence electrons. The molecule has 2 aliphatic rings. The normalized spacial score (nSPS) is 19.2. The highest BCUT2D eigenvalue weighted by atomic mass is 32.2. The van der Waals surface area contributed by atoms with Gasteiger partial charge in [0.2, 0.25) is 21.8 Å². The molecule has 0 aliphatic carbocycles. The lowest BCUT2D eigenvalue weighted by atomic mass is 9.97. The number of piperidine rings is 1. The fourth-order valence-electron chi connectivity index (χ4n) is 3.69. The number of nitrogens with one attached hydrogen (secondary N) is 2. The Bertz CT molecular complexity index is 897. The highest BCUT2D eigenvalue weighted by Gasteiger charge is 2.29. The van der Waals surface area contributed by atoms with E-state index >= 15 is 0 Å². The number of hydrogen-bond acceptors (Lipinski definition) is 6. The molecule has 0 spiro atoms. The van der Waals surface area contributed by atoms with Gasteiger partial charge in [-0.2, -0.15) is 0 Å². The Morgan fingerprint density at radius 3 is 2.45 bits per heavy atom. The lowest BCUT2D eigenvalue weighted by Crippen LogP contribution is -2.40. The molecule has 2 amide bonds. The minimum Gasteiger partial charge on any atom is -0.379 e. The van der Waals surface area contributed by atoms with Gasteiger partial charge in [0.05, 0.1) is 25.2 Å². The highest BCUT2D eigenvalue weighted by Crippen LogP contribution is 2.24. The van der Waals surface area contributed by atoms with Crippen LogP contribution in [0.1, 0.15) is 19.3 Å². The van der Waals surface area contributed by atoms with Crippen molar-refractivity contribution in [3.05, 3.63) is 24.0 Å². The van der Waals surface area contributed by atoms with Crippen molar-refractivity contribution in [1.29, 1.82) is 0 Å². The van der Waals surface area contributed by atoms with Crippen LogP contribution in [0.25, 0.3) is 0 Å². The Morgan fingerprint density at radius 2 is 1.81 bits per heavy atom. The number of halogens is 1. The van der Waals surface area contributed by atoms with E-state index in [0.717, 1.165) is 19.3 Å².